The van der Waals surface area contributed by atoms with E-state index in [4.69, 9.17) is 32.5 Å². The number of nitrogens with zero attached hydrogens (tertiary/aromatic N) is 3. The predicted octanol–water partition coefficient (Wildman–Crippen LogP) is 2.90. The van der Waals surface area contributed by atoms with E-state index in [1.54, 1.807) is 30.0 Å². The lowest BCUT2D eigenvalue weighted by Crippen LogP contribution is -2.42. The number of aromatic nitrogens is 2. The number of morpholine rings is 1. The third kappa shape index (κ3) is 2.95. The lowest BCUT2D eigenvalue weighted by molar-refractivity contribution is -0.0276. The molecule has 0 unspecified atom stereocenters. The van der Waals surface area contributed by atoms with Gasteiger partial charge in [0.1, 0.15) is 6.10 Å². The molecule has 1 atom stereocenters. The summed E-state index contributed by atoms with van der Waals surface area (Å²) >= 11 is 12.1. The van der Waals surface area contributed by atoms with E-state index < -0.39 is 6.10 Å². The Balaban J connectivity index is 1.79. The van der Waals surface area contributed by atoms with Crippen LogP contribution in [0.3, 0.4) is 0 Å². The van der Waals surface area contributed by atoms with E-state index in [0.29, 0.717) is 42.0 Å². The molecule has 1 amide bonds. The minimum Gasteiger partial charge on any atom is -0.366 e. The number of halogens is 2. The average molecular weight is 342 g/mol. The Bertz CT molecular complexity index is 704. The highest BCUT2D eigenvalue weighted by molar-refractivity contribution is 6.43. The third-order valence-electron chi connectivity index (χ3n) is 3.37. The molecule has 2 aromatic rings. The van der Waals surface area contributed by atoms with E-state index >= 15 is 0 Å². The van der Waals surface area contributed by atoms with E-state index in [0.717, 1.165) is 0 Å². The maximum absolute atomic E-state index is 12.6. The standard InChI is InChI=1S/C14H13Cl2N3O3/c1-8-17-13(18-22-8)11-7-19(5-6-21-11)14(20)9-3-2-4-10(15)12(9)16/h2-4,11H,5-7H2,1H3/t11-/m1/s1. The number of amides is 1. The summed E-state index contributed by atoms with van der Waals surface area (Å²) < 4.78 is 10.6. The molecule has 6 nitrogen and oxygen atoms in total. The molecule has 1 fully saturated rings. The second-order valence-corrected chi connectivity index (χ2v) is 5.67. The zero-order valence-corrected chi connectivity index (χ0v) is 13.3. The van der Waals surface area contributed by atoms with E-state index in [1.165, 1.54) is 0 Å². The molecule has 0 aliphatic carbocycles. The van der Waals surface area contributed by atoms with Crippen LogP contribution >= 0.6 is 23.2 Å². The molecule has 1 saturated heterocycles. The zero-order valence-electron chi connectivity index (χ0n) is 11.8. The highest BCUT2D eigenvalue weighted by atomic mass is 35.5. The second-order valence-electron chi connectivity index (χ2n) is 4.88. The number of aryl methyl sites for hydroxylation is 1. The van der Waals surface area contributed by atoms with Gasteiger partial charge in [0.05, 0.1) is 28.8 Å². The number of hydrogen-bond donors (Lipinski definition) is 0. The summed E-state index contributed by atoms with van der Waals surface area (Å²) in [6.07, 6.45) is -0.409. The van der Waals surface area contributed by atoms with Gasteiger partial charge < -0.3 is 14.2 Å². The molecule has 8 heteroatoms. The first-order chi connectivity index (χ1) is 10.6. The minimum absolute atomic E-state index is 0.194. The zero-order chi connectivity index (χ0) is 15.7. The fraction of sp³-hybridized carbons (Fsp3) is 0.357. The van der Waals surface area contributed by atoms with E-state index in [2.05, 4.69) is 10.1 Å². The fourth-order valence-corrected chi connectivity index (χ4v) is 2.66. The van der Waals surface area contributed by atoms with Gasteiger partial charge in [-0.3, -0.25) is 4.79 Å². The quantitative estimate of drug-likeness (QED) is 0.839. The van der Waals surface area contributed by atoms with Crippen LogP contribution in [0, 0.1) is 6.92 Å². The molecule has 0 N–H and O–H groups in total. The Morgan fingerprint density at radius 1 is 1.41 bits per heavy atom. The Hall–Kier alpha value is -1.63. The summed E-state index contributed by atoms with van der Waals surface area (Å²) in [6.45, 7) is 2.89. The predicted molar refractivity (Wildman–Crippen MR) is 80.1 cm³/mol. The SMILES string of the molecule is Cc1nc([C@H]2CN(C(=O)c3cccc(Cl)c3Cl)CCO2)no1. The van der Waals surface area contributed by atoms with E-state index in [1.807, 2.05) is 0 Å². The van der Waals surface area contributed by atoms with Gasteiger partial charge in [-0.1, -0.05) is 34.4 Å². The first-order valence-corrected chi connectivity index (χ1v) is 7.47. The summed E-state index contributed by atoms with van der Waals surface area (Å²) in [5.41, 5.74) is 0.374. The van der Waals surface area contributed by atoms with Crippen LogP contribution in [0.1, 0.15) is 28.2 Å². The summed E-state index contributed by atoms with van der Waals surface area (Å²) in [5.74, 6) is 0.702. The second kappa shape index (κ2) is 6.24. The molecule has 1 aromatic carbocycles. The topological polar surface area (TPSA) is 68.5 Å². The van der Waals surface area contributed by atoms with Crippen molar-refractivity contribution >= 4 is 29.1 Å². The fourth-order valence-electron chi connectivity index (χ4n) is 2.28. The van der Waals surface area contributed by atoms with Gasteiger partial charge in [0, 0.05) is 13.5 Å². The largest absolute Gasteiger partial charge is 0.366 e. The lowest BCUT2D eigenvalue weighted by atomic mass is 10.1. The molecule has 1 aromatic heterocycles. The van der Waals surface area contributed by atoms with Crippen LogP contribution in [0.25, 0.3) is 0 Å². The summed E-state index contributed by atoms with van der Waals surface area (Å²) in [4.78, 5) is 18.4. The molecule has 0 spiro atoms. The highest BCUT2D eigenvalue weighted by Gasteiger charge is 2.30. The number of rotatable bonds is 2. The minimum atomic E-state index is -0.409. The summed E-state index contributed by atoms with van der Waals surface area (Å²) in [5, 5.41) is 4.45. The van der Waals surface area contributed by atoms with Gasteiger partial charge in [-0.25, -0.2) is 0 Å². The highest BCUT2D eigenvalue weighted by Crippen LogP contribution is 2.28. The van der Waals surface area contributed by atoms with Crippen molar-refractivity contribution in [1.29, 1.82) is 0 Å². The van der Waals surface area contributed by atoms with Crippen LogP contribution < -0.4 is 0 Å². The molecular weight excluding hydrogens is 329 g/mol. The van der Waals surface area contributed by atoms with Gasteiger partial charge >= 0.3 is 0 Å². The maximum atomic E-state index is 12.6. The molecule has 0 radical (unpaired) electrons. The number of carbonyl (C=O) groups excluding carboxylic acids is 1. The van der Waals surface area contributed by atoms with Gasteiger partial charge in [0.2, 0.25) is 11.7 Å². The summed E-state index contributed by atoms with van der Waals surface area (Å²) in [7, 11) is 0. The van der Waals surface area contributed by atoms with Crippen LogP contribution in [0.15, 0.2) is 22.7 Å². The summed E-state index contributed by atoms with van der Waals surface area (Å²) in [6, 6.07) is 4.99. The normalized spacial score (nSPS) is 18.5. The van der Waals surface area contributed by atoms with Crippen molar-refractivity contribution < 1.29 is 14.1 Å². The lowest BCUT2D eigenvalue weighted by Gasteiger charge is -2.31. The molecule has 1 aliphatic heterocycles. The molecular formula is C14H13Cl2N3O3. The van der Waals surface area contributed by atoms with Gasteiger partial charge in [-0.2, -0.15) is 4.98 Å². The van der Waals surface area contributed by atoms with Crippen LogP contribution in [0.5, 0.6) is 0 Å². The van der Waals surface area contributed by atoms with Gasteiger partial charge in [0.25, 0.3) is 5.91 Å². The van der Waals surface area contributed by atoms with E-state index in [-0.39, 0.29) is 10.9 Å². The molecule has 116 valence electrons. The molecule has 2 heterocycles. The maximum Gasteiger partial charge on any atom is 0.255 e. The molecule has 0 bridgehead atoms. The van der Waals surface area contributed by atoms with Crippen LogP contribution in [0.2, 0.25) is 10.0 Å². The van der Waals surface area contributed by atoms with Crippen molar-refractivity contribution in [2.75, 3.05) is 19.7 Å². The average Bonchev–Trinajstić information content (AvgIpc) is 2.96. The Morgan fingerprint density at radius 2 is 2.23 bits per heavy atom. The van der Waals surface area contributed by atoms with Gasteiger partial charge in [-0.15, -0.1) is 0 Å². The van der Waals surface area contributed by atoms with Crippen LogP contribution in [-0.2, 0) is 4.74 Å². The number of benzene rings is 1. The van der Waals surface area contributed by atoms with Crippen LogP contribution in [0.4, 0.5) is 0 Å². The third-order valence-corrected chi connectivity index (χ3v) is 4.19. The van der Waals surface area contributed by atoms with Crippen molar-refractivity contribution in [1.82, 2.24) is 15.0 Å². The molecule has 0 saturated carbocycles. The monoisotopic (exact) mass is 341 g/mol. The van der Waals surface area contributed by atoms with Crippen molar-refractivity contribution in [2.24, 2.45) is 0 Å². The van der Waals surface area contributed by atoms with Crippen LogP contribution in [-0.4, -0.2) is 40.6 Å². The number of carbonyl (C=O) groups is 1. The Morgan fingerprint density at radius 3 is 2.95 bits per heavy atom. The van der Waals surface area contributed by atoms with Crippen molar-refractivity contribution in [2.45, 2.75) is 13.0 Å². The van der Waals surface area contributed by atoms with Gasteiger partial charge in [0.15, 0.2) is 0 Å². The number of hydrogen-bond acceptors (Lipinski definition) is 5. The molecule has 1 aliphatic rings. The smallest absolute Gasteiger partial charge is 0.255 e. The van der Waals surface area contributed by atoms with Crippen molar-refractivity contribution in [3.05, 3.63) is 45.5 Å². The van der Waals surface area contributed by atoms with Gasteiger partial charge in [-0.05, 0) is 12.1 Å². The van der Waals surface area contributed by atoms with E-state index in [9.17, 15) is 4.79 Å². The molecule has 3 rings (SSSR count). The molecule has 22 heavy (non-hydrogen) atoms. The first-order valence-electron chi connectivity index (χ1n) is 6.71. The first kappa shape index (κ1) is 15.3. The Labute approximate surface area is 136 Å². The van der Waals surface area contributed by atoms with Crippen molar-refractivity contribution in [3.63, 3.8) is 0 Å². The number of ether oxygens (including phenoxy) is 1. The van der Waals surface area contributed by atoms with Crippen molar-refractivity contribution in [3.8, 4) is 0 Å². The Kier molecular flexibility index (Phi) is 4.33.